The molecule has 0 spiro atoms. The highest BCUT2D eigenvalue weighted by atomic mass is 16.1. The quantitative estimate of drug-likeness (QED) is 0.475. The van der Waals surface area contributed by atoms with Gasteiger partial charge in [-0.05, 0) is 19.4 Å². The Morgan fingerprint density at radius 2 is 1.21 bits per heavy atom. The molecule has 0 N–H and O–H groups in total. The maximum Gasteiger partial charge on any atom is 0.204 e. The van der Waals surface area contributed by atoms with Crippen molar-refractivity contribution < 1.29 is 9.59 Å². The summed E-state index contributed by atoms with van der Waals surface area (Å²) in [5.41, 5.74) is 3.33. The zero-order valence-corrected chi connectivity index (χ0v) is 10.9. The lowest BCUT2D eigenvalue weighted by atomic mass is 9.97. The van der Waals surface area contributed by atoms with Gasteiger partial charge in [0.25, 0.3) is 0 Å². The number of Topliss-reactive ketones (excluding diaryl/α,β-unsaturated/α-hetero) is 1. The standard InChI is InChI=1S/C17H14O2/c1-12-3-7-14(8-4-12)16(11-18)17(19)15-9-5-13(2)6-10-15/h3-10H,1-2H3. The lowest BCUT2D eigenvalue weighted by Crippen LogP contribution is -2.03. The summed E-state index contributed by atoms with van der Waals surface area (Å²) in [6, 6.07) is 14.4. The molecule has 0 aliphatic heterocycles. The van der Waals surface area contributed by atoms with E-state index in [0.29, 0.717) is 11.1 Å². The highest BCUT2D eigenvalue weighted by Gasteiger charge is 2.15. The second-order valence-corrected chi connectivity index (χ2v) is 4.54. The molecule has 0 aliphatic carbocycles. The van der Waals surface area contributed by atoms with Gasteiger partial charge in [-0.3, -0.25) is 4.79 Å². The van der Waals surface area contributed by atoms with E-state index in [0.717, 1.165) is 11.1 Å². The Morgan fingerprint density at radius 1 is 0.789 bits per heavy atom. The fourth-order valence-corrected chi connectivity index (χ4v) is 1.81. The summed E-state index contributed by atoms with van der Waals surface area (Å²) in [6.45, 7) is 3.90. The molecule has 19 heavy (non-hydrogen) atoms. The molecule has 0 amide bonds. The third-order valence-electron chi connectivity index (χ3n) is 2.98. The highest BCUT2D eigenvalue weighted by Crippen LogP contribution is 2.18. The van der Waals surface area contributed by atoms with Crippen LogP contribution in [0.15, 0.2) is 48.5 Å². The first kappa shape index (κ1) is 13.0. The Kier molecular flexibility index (Phi) is 3.74. The summed E-state index contributed by atoms with van der Waals surface area (Å²) in [5, 5.41) is 0. The summed E-state index contributed by atoms with van der Waals surface area (Å²) in [6.07, 6.45) is 0. The van der Waals surface area contributed by atoms with Crippen LogP contribution in [0.3, 0.4) is 0 Å². The highest BCUT2D eigenvalue weighted by molar-refractivity contribution is 6.35. The van der Waals surface area contributed by atoms with Gasteiger partial charge in [0.1, 0.15) is 11.5 Å². The van der Waals surface area contributed by atoms with E-state index in [4.69, 9.17) is 0 Å². The van der Waals surface area contributed by atoms with Crippen molar-refractivity contribution in [2.75, 3.05) is 0 Å². The molecule has 0 aliphatic rings. The molecule has 0 heterocycles. The van der Waals surface area contributed by atoms with Crippen molar-refractivity contribution in [3.63, 3.8) is 0 Å². The summed E-state index contributed by atoms with van der Waals surface area (Å²) in [4.78, 5) is 23.4. The Labute approximate surface area is 112 Å². The van der Waals surface area contributed by atoms with Crippen molar-refractivity contribution in [1.82, 2.24) is 0 Å². The molecule has 2 rings (SSSR count). The zero-order valence-electron chi connectivity index (χ0n) is 10.9. The average Bonchev–Trinajstić information content (AvgIpc) is 2.42. The first-order chi connectivity index (χ1) is 9.11. The van der Waals surface area contributed by atoms with Gasteiger partial charge in [0.2, 0.25) is 5.78 Å². The number of aryl methyl sites for hydroxylation is 2. The van der Waals surface area contributed by atoms with Gasteiger partial charge >= 0.3 is 0 Å². The van der Waals surface area contributed by atoms with Crippen molar-refractivity contribution in [3.8, 4) is 0 Å². The van der Waals surface area contributed by atoms with Crippen LogP contribution < -0.4 is 0 Å². The molecule has 2 heteroatoms. The molecule has 0 saturated heterocycles. The minimum Gasteiger partial charge on any atom is -0.288 e. The molecule has 0 bridgehead atoms. The minimum absolute atomic E-state index is 0.0730. The lowest BCUT2D eigenvalue weighted by molar-refractivity contribution is 0.105. The molecular weight excluding hydrogens is 236 g/mol. The predicted octanol–water partition coefficient (Wildman–Crippen LogP) is 3.40. The zero-order chi connectivity index (χ0) is 13.8. The van der Waals surface area contributed by atoms with Gasteiger partial charge < -0.3 is 0 Å². The number of rotatable bonds is 3. The molecule has 2 aromatic rings. The van der Waals surface area contributed by atoms with E-state index in [9.17, 15) is 9.59 Å². The van der Waals surface area contributed by atoms with Crippen LogP contribution in [0.4, 0.5) is 0 Å². The number of hydrogen-bond donors (Lipinski definition) is 0. The average molecular weight is 250 g/mol. The topological polar surface area (TPSA) is 34.1 Å². The molecule has 0 saturated carbocycles. The van der Waals surface area contributed by atoms with E-state index in [1.807, 2.05) is 38.1 Å². The SMILES string of the molecule is Cc1ccc(C(=O)C(=C=O)c2ccc(C)cc2)cc1. The molecule has 0 radical (unpaired) electrons. The van der Waals surface area contributed by atoms with Crippen LogP contribution in [0.5, 0.6) is 0 Å². The third-order valence-corrected chi connectivity index (χ3v) is 2.98. The first-order valence-electron chi connectivity index (χ1n) is 6.05. The molecule has 0 aromatic heterocycles. The largest absolute Gasteiger partial charge is 0.288 e. The van der Waals surface area contributed by atoms with Gasteiger partial charge in [0.05, 0.1) is 0 Å². The van der Waals surface area contributed by atoms with E-state index >= 15 is 0 Å². The van der Waals surface area contributed by atoms with Gasteiger partial charge in [-0.2, -0.15) is 0 Å². The van der Waals surface area contributed by atoms with Gasteiger partial charge in [-0.1, -0.05) is 59.7 Å². The van der Waals surface area contributed by atoms with Crippen molar-refractivity contribution in [3.05, 3.63) is 70.8 Å². The molecule has 0 unspecified atom stereocenters. The van der Waals surface area contributed by atoms with E-state index in [-0.39, 0.29) is 11.4 Å². The van der Waals surface area contributed by atoms with Crippen LogP contribution >= 0.6 is 0 Å². The summed E-state index contributed by atoms with van der Waals surface area (Å²) < 4.78 is 0. The van der Waals surface area contributed by atoms with E-state index < -0.39 is 0 Å². The maximum atomic E-state index is 12.3. The van der Waals surface area contributed by atoms with Crippen LogP contribution in [0, 0.1) is 13.8 Å². The molecule has 0 atom stereocenters. The number of benzene rings is 2. The van der Waals surface area contributed by atoms with Crippen LogP contribution in [0.1, 0.15) is 27.0 Å². The van der Waals surface area contributed by atoms with Gasteiger partial charge in [0.15, 0.2) is 0 Å². The Hall–Kier alpha value is -2.44. The van der Waals surface area contributed by atoms with Gasteiger partial charge in [-0.15, -0.1) is 0 Å². The monoisotopic (exact) mass is 250 g/mol. The number of hydrogen-bond acceptors (Lipinski definition) is 2. The minimum atomic E-state index is -0.293. The Bertz CT molecular complexity index is 643. The predicted molar refractivity (Wildman–Crippen MR) is 75.8 cm³/mol. The molecule has 94 valence electrons. The second kappa shape index (κ2) is 5.47. The van der Waals surface area contributed by atoms with Crippen molar-refractivity contribution in [1.29, 1.82) is 0 Å². The van der Waals surface area contributed by atoms with E-state index in [1.54, 1.807) is 30.2 Å². The van der Waals surface area contributed by atoms with E-state index in [1.165, 1.54) is 0 Å². The Morgan fingerprint density at radius 3 is 1.63 bits per heavy atom. The normalized spacial score (nSPS) is 9.79. The van der Waals surface area contributed by atoms with E-state index in [2.05, 4.69) is 0 Å². The van der Waals surface area contributed by atoms with Crippen molar-refractivity contribution in [2.45, 2.75) is 13.8 Å². The van der Waals surface area contributed by atoms with Gasteiger partial charge in [0, 0.05) is 5.56 Å². The smallest absolute Gasteiger partial charge is 0.204 e. The molecular formula is C17H14O2. The van der Waals surface area contributed by atoms with Crippen LogP contribution in [0.25, 0.3) is 5.57 Å². The fraction of sp³-hybridized carbons (Fsp3) is 0.118. The third kappa shape index (κ3) is 2.87. The number of ketones is 1. The lowest BCUT2D eigenvalue weighted by Gasteiger charge is -2.04. The number of carbonyl (C=O) groups is 1. The van der Waals surface area contributed by atoms with Crippen molar-refractivity contribution >= 4 is 17.3 Å². The summed E-state index contributed by atoms with van der Waals surface area (Å²) in [7, 11) is 0. The summed E-state index contributed by atoms with van der Waals surface area (Å²) in [5.74, 6) is 1.48. The second-order valence-electron chi connectivity index (χ2n) is 4.54. The van der Waals surface area contributed by atoms with Gasteiger partial charge in [-0.25, -0.2) is 4.79 Å². The first-order valence-corrected chi connectivity index (χ1v) is 6.05. The molecule has 2 nitrogen and oxygen atoms in total. The number of allylic oxidation sites excluding steroid dienone is 1. The van der Waals surface area contributed by atoms with Crippen LogP contribution in [-0.2, 0) is 4.79 Å². The maximum absolute atomic E-state index is 12.3. The van der Waals surface area contributed by atoms with Crippen LogP contribution in [-0.4, -0.2) is 11.7 Å². The number of carbonyl (C=O) groups excluding carboxylic acids is 2. The molecule has 0 fully saturated rings. The fourth-order valence-electron chi connectivity index (χ4n) is 1.81. The molecule has 2 aromatic carbocycles. The van der Waals surface area contributed by atoms with Crippen molar-refractivity contribution in [2.24, 2.45) is 0 Å². The summed E-state index contributed by atoms with van der Waals surface area (Å²) >= 11 is 0. The Balaban J connectivity index is 2.38. The van der Waals surface area contributed by atoms with Crippen LogP contribution in [0.2, 0.25) is 0 Å².